The van der Waals surface area contributed by atoms with Crippen molar-refractivity contribution in [3.05, 3.63) is 33.2 Å². The molecule has 0 radical (unpaired) electrons. The Morgan fingerprint density at radius 3 is 2.59 bits per heavy atom. The minimum absolute atomic E-state index is 0.172. The Morgan fingerprint density at radius 1 is 1.41 bits per heavy atom. The number of aryl methyl sites for hydroxylation is 2. The van der Waals surface area contributed by atoms with Gasteiger partial charge >= 0.3 is 6.09 Å². The van der Waals surface area contributed by atoms with Crippen LogP contribution in [0.2, 0.25) is 0 Å². The van der Waals surface area contributed by atoms with Gasteiger partial charge in [0.15, 0.2) is 0 Å². The van der Waals surface area contributed by atoms with Crippen LogP contribution in [0, 0.1) is 25.2 Å². The first-order chi connectivity index (χ1) is 10.2. The Morgan fingerprint density at radius 2 is 2.05 bits per heavy atom. The van der Waals surface area contributed by atoms with E-state index in [1.165, 1.54) is 0 Å². The number of amides is 1. The molecule has 120 valence electrons. The number of rotatable bonds is 4. The molecule has 6 heteroatoms. The highest BCUT2D eigenvalue weighted by Gasteiger charge is 2.15. The first-order valence-corrected chi connectivity index (χ1v) is 7.23. The maximum Gasteiger partial charge on any atom is 0.407 e. The molecule has 1 aromatic rings. The molecule has 0 saturated heterocycles. The van der Waals surface area contributed by atoms with Crippen molar-refractivity contribution in [2.24, 2.45) is 0 Å². The van der Waals surface area contributed by atoms with Gasteiger partial charge in [0.05, 0.1) is 0 Å². The van der Waals surface area contributed by atoms with E-state index in [0.29, 0.717) is 25.1 Å². The second-order valence-corrected chi connectivity index (χ2v) is 6.19. The lowest BCUT2D eigenvalue weighted by Crippen LogP contribution is -2.34. The molecule has 22 heavy (non-hydrogen) atoms. The zero-order chi connectivity index (χ0) is 16.9. The van der Waals surface area contributed by atoms with Crippen LogP contribution >= 0.6 is 0 Å². The third kappa shape index (κ3) is 4.92. The number of hydrogen-bond acceptors (Lipinski definition) is 4. The molecule has 0 aliphatic heterocycles. The number of aromatic nitrogens is 1. The van der Waals surface area contributed by atoms with E-state index in [1.54, 1.807) is 32.3 Å². The molecule has 0 bridgehead atoms. The van der Waals surface area contributed by atoms with Crippen LogP contribution in [0.4, 0.5) is 4.79 Å². The number of carbonyl (C=O) groups excluding carboxylic acids is 1. The molecule has 1 heterocycles. The molecular weight excluding hydrogens is 282 g/mol. The molecule has 0 saturated carbocycles. The first kappa shape index (κ1) is 17.8. The average Bonchev–Trinajstić information content (AvgIpc) is 2.35. The molecule has 0 spiro atoms. The Balaban J connectivity index is 2.62. The molecule has 0 aliphatic carbocycles. The maximum absolute atomic E-state index is 12.2. The van der Waals surface area contributed by atoms with E-state index >= 15 is 0 Å². The highest BCUT2D eigenvalue weighted by molar-refractivity contribution is 5.67. The van der Waals surface area contributed by atoms with Gasteiger partial charge in [0, 0.05) is 18.8 Å². The van der Waals surface area contributed by atoms with Crippen molar-refractivity contribution < 1.29 is 9.53 Å². The minimum Gasteiger partial charge on any atom is -0.444 e. The molecule has 0 fully saturated rings. The van der Waals surface area contributed by atoms with Gasteiger partial charge in [0.2, 0.25) is 0 Å². The monoisotopic (exact) mass is 305 g/mol. The van der Waals surface area contributed by atoms with Crippen molar-refractivity contribution in [3.8, 4) is 6.07 Å². The fourth-order valence-electron chi connectivity index (χ4n) is 2.08. The SMILES string of the molecule is Cc1cc(C)n(CCCNC(=O)OC(C)(C)C)c(=O)c1C#N. The van der Waals surface area contributed by atoms with Crippen LogP contribution in [0.15, 0.2) is 10.9 Å². The number of alkyl carbamates (subject to hydrolysis) is 1. The van der Waals surface area contributed by atoms with Gasteiger partial charge in [0.25, 0.3) is 5.56 Å². The second kappa shape index (κ2) is 7.12. The first-order valence-electron chi connectivity index (χ1n) is 7.23. The van der Waals surface area contributed by atoms with Gasteiger partial charge < -0.3 is 14.6 Å². The molecule has 0 aromatic carbocycles. The number of ether oxygens (including phenoxy) is 1. The fourth-order valence-corrected chi connectivity index (χ4v) is 2.08. The second-order valence-electron chi connectivity index (χ2n) is 6.19. The summed E-state index contributed by atoms with van der Waals surface area (Å²) >= 11 is 0. The van der Waals surface area contributed by atoms with Gasteiger partial charge in [-0.3, -0.25) is 4.79 Å². The van der Waals surface area contributed by atoms with Crippen LogP contribution in [0.3, 0.4) is 0 Å². The average molecular weight is 305 g/mol. The van der Waals surface area contributed by atoms with E-state index in [-0.39, 0.29) is 11.1 Å². The molecular formula is C16H23N3O3. The molecule has 0 unspecified atom stereocenters. The molecule has 1 aromatic heterocycles. The van der Waals surface area contributed by atoms with Crippen LogP contribution in [-0.4, -0.2) is 22.8 Å². The van der Waals surface area contributed by atoms with E-state index in [1.807, 2.05) is 19.1 Å². The van der Waals surface area contributed by atoms with Crippen molar-refractivity contribution in [2.75, 3.05) is 6.54 Å². The molecule has 1 amide bonds. The number of pyridine rings is 1. The van der Waals surface area contributed by atoms with Gasteiger partial charge in [-0.2, -0.15) is 5.26 Å². The summed E-state index contributed by atoms with van der Waals surface area (Å²) in [6, 6.07) is 3.76. The number of nitriles is 1. The lowest BCUT2D eigenvalue weighted by molar-refractivity contribution is 0.0526. The van der Waals surface area contributed by atoms with Crippen molar-refractivity contribution >= 4 is 6.09 Å². The fraction of sp³-hybridized carbons (Fsp3) is 0.562. The molecule has 6 nitrogen and oxygen atoms in total. The van der Waals surface area contributed by atoms with Crippen LogP contribution in [0.1, 0.15) is 44.0 Å². The van der Waals surface area contributed by atoms with Crippen LogP contribution in [0.25, 0.3) is 0 Å². The molecule has 1 rings (SSSR count). The Kier molecular flexibility index (Phi) is 5.75. The molecule has 1 N–H and O–H groups in total. The largest absolute Gasteiger partial charge is 0.444 e. The van der Waals surface area contributed by atoms with Gasteiger partial charge in [-0.05, 0) is 52.7 Å². The van der Waals surface area contributed by atoms with Crippen LogP contribution < -0.4 is 10.9 Å². The van der Waals surface area contributed by atoms with Gasteiger partial charge in [-0.1, -0.05) is 0 Å². The number of hydrogen-bond donors (Lipinski definition) is 1. The number of carbonyl (C=O) groups is 1. The summed E-state index contributed by atoms with van der Waals surface area (Å²) in [5.41, 5.74) is 0.853. The normalized spacial score (nSPS) is 10.9. The van der Waals surface area contributed by atoms with Crippen molar-refractivity contribution in [2.45, 2.75) is 53.2 Å². The third-order valence-electron chi connectivity index (χ3n) is 3.04. The Labute approximate surface area is 130 Å². The predicted molar refractivity (Wildman–Crippen MR) is 83.7 cm³/mol. The summed E-state index contributed by atoms with van der Waals surface area (Å²) in [4.78, 5) is 23.7. The lowest BCUT2D eigenvalue weighted by Gasteiger charge is -2.19. The summed E-state index contributed by atoms with van der Waals surface area (Å²) in [6.07, 6.45) is 0.103. The zero-order valence-electron chi connectivity index (χ0n) is 13.8. The standard InChI is InChI=1S/C16H23N3O3/c1-11-9-12(2)19(14(20)13(11)10-17)8-6-7-18-15(21)22-16(3,4)5/h9H,6-8H2,1-5H3,(H,18,21). The van der Waals surface area contributed by atoms with Crippen molar-refractivity contribution in [1.29, 1.82) is 5.26 Å². The van der Waals surface area contributed by atoms with E-state index in [0.717, 1.165) is 5.69 Å². The van der Waals surface area contributed by atoms with Gasteiger partial charge in [0.1, 0.15) is 17.2 Å². The Hall–Kier alpha value is -2.29. The quantitative estimate of drug-likeness (QED) is 0.865. The van der Waals surface area contributed by atoms with E-state index in [4.69, 9.17) is 10.00 Å². The summed E-state index contributed by atoms with van der Waals surface area (Å²) in [5.74, 6) is 0. The van der Waals surface area contributed by atoms with Gasteiger partial charge in [-0.25, -0.2) is 4.79 Å². The van der Waals surface area contributed by atoms with E-state index in [2.05, 4.69) is 5.32 Å². The van der Waals surface area contributed by atoms with Crippen LogP contribution in [0.5, 0.6) is 0 Å². The van der Waals surface area contributed by atoms with Crippen molar-refractivity contribution in [1.82, 2.24) is 9.88 Å². The van der Waals surface area contributed by atoms with Gasteiger partial charge in [-0.15, -0.1) is 0 Å². The zero-order valence-corrected chi connectivity index (χ0v) is 13.8. The van der Waals surface area contributed by atoms with E-state index < -0.39 is 11.7 Å². The highest BCUT2D eigenvalue weighted by atomic mass is 16.6. The predicted octanol–water partition coefficient (Wildman–Crippen LogP) is 2.25. The molecule has 0 atom stereocenters. The lowest BCUT2D eigenvalue weighted by atomic mass is 10.1. The third-order valence-corrected chi connectivity index (χ3v) is 3.04. The highest BCUT2D eigenvalue weighted by Crippen LogP contribution is 2.07. The minimum atomic E-state index is -0.531. The summed E-state index contributed by atoms with van der Waals surface area (Å²) in [5, 5.41) is 11.7. The number of nitrogens with zero attached hydrogens (tertiary/aromatic N) is 2. The number of nitrogens with one attached hydrogen (secondary N) is 1. The summed E-state index contributed by atoms with van der Waals surface area (Å²) in [6.45, 7) is 9.81. The topological polar surface area (TPSA) is 84.1 Å². The summed E-state index contributed by atoms with van der Waals surface area (Å²) in [7, 11) is 0. The van der Waals surface area contributed by atoms with Crippen LogP contribution in [-0.2, 0) is 11.3 Å². The van der Waals surface area contributed by atoms with E-state index in [9.17, 15) is 9.59 Å². The Bertz CT molecular complexity index is 648. The smallest absolute Gasteiger partial charge is 0.407 e. The maximum atomic E-state index is 12.2. The van der Waals surface area contributed by atoms with Crippen molar-refractivity contribution in [3.63, 3.8) is 0 Å². The molecule has 0 aliphatic rings. The summed E-state index contributed by atoms with van der Waals surface area (Å²) < 4.78 is 6.69.